The Morgan fingerprint density at radius 1 is 0.694 bits per heavy atom. The Labute approximate surface area is 296 Å². The lowest BCUT2D eigenvalue weighted by Crippen LogP contribution is -2.60. The Morgan fingerprint density at radius 2 is 1.20 bits per heavy atom. The summed E-state index contributed by atoms with van der Waals surface area (Å²) in [5.41, 5.74) is 0. The second-order valence-electron chi connectivity index (χ2n) is 13.1. The van der Waals surface area contributed by atoms with Crippen LogP contribution in [0.4, 0.5) is 0 Å². The van der Waals surface area contributed by atoms with Gasteiger partial charge in [-0.25, -0.2) is 0 Å². The van der Waals surface area contributed by atoms with E-state index in [1.807, 2.05) is 12.2 Å². The Bertz CT molecular complexity index is 922. The molecule has 1 amide bonds. The molecule has 0 spiro atoms. The Hall–Kier alpha value is -1.89. The van der Waals surface area contributed by atoms with Gasteiger partial charge in [0.2, 0.25) is 5.91 Å². The summed E-state index contributed by atoms with van der Waals surface area (Å²) in [5.74, 6) is -0.671. The first-order chi connectivity index (χ1) is 23.8. The fourth-order valence-electron chi connectivity index (χ4n) is 5.49. The maximum atomic E-state index is 12.9. The number of hydrogen-bond donors (Lipinski definition) is 7. The quantitative estimate of drug-likeness (QED) is 0.0406. The molecule has 0 radical (unpaired) electrons. The van der Waals surface area contributed by atoms with E-state index in [0.717, 1.165) is 38.5 Å². The SMILES string of the molecule is CCCCCC/C=C\CCC(O)C(=O)NC(COC1OC(CO)C(O)C(O)C1O)C(O)/C=C/CC/C=C/CC/C=C/CCCCCCCC. The summed E-state index contributed by atoms with van der Waals surface area (Å²) in [6.07, 6.45) is 25.2. The van der Waals surface area contributed by atoms with E-state index in [-0.39, 0.29) is 13.0 Å². The molecule has 0 aliphatic carbocycles. The summed E-state index contributed by atoms with van der Waals surface area (Å²) in [4.78, 5) is 12.9. The van der Waals surface area contributed by atoms with Crippen LogP contribution >= 0.6 is 0 Å². The number of amides is 1. The summed E-state index contributed by atoms with van der Waals surface area (Å²) in [6.45, 7) is 3.46. The normalized spacial score (nSPS) is 23.6. The molecular weight excluding hydrogens is 626 g/mol. The zero-order chi connectivity index (χ0) is 36.1. The highest BCUT2D eigenvalue weighted by Crippen LogP contribution is 2.22. The molecule has 8 unspecified atom stereocenters. The third-order valence-corrected chi connectivity index (χ3v) is 8.72. The minimum atomic E-state index is -1.62. The van der Waals surface area contributed by atoms with Crippen molar-refractivity contribution in [2.24, 2.45) is 0 Å². The van der Waals surface area contributed by atoms with Gasteiger partial charge < -0.3 is 45.4 Å². The van der Waals surface area contributed by atoms with Crippen molar-refractivity contribution in [1.29, 1.82) is 0 Å². The van der Waals surface area contributed by atoms with Gasteiger partial charge in [0.05, 0.1) is 25.4 Å². The second kappa shape index (κ2) is 29.8. The molecule has 1 aliphatic rings. The van der Waals surface area contributed by atoms with Crippen LogP contribution in [0.2, 0.25) is 0 Å². The van der Waals surface area contributed by atoms with E-state index in [1.54, 1.807) is 6.08 Å². The van der Waals surface area contributed by atoms with Gasteiger partial charge in [-0.1, -0.05) is 114 Å². The van der Waals surface area contributed by atoms with Crippen molar-refractivity contribution >= 4 is 5.91 Å². The van der Waals surface area contributed by atoms with Crippen LogP contribution in [0.3, 0.4) is 0 Å². The highest BCUT2D eigenvalue weighted by Gasteiger charge is 2.44. The lowest BCUT2D eigenvalue weighted by Gasteiger charge is -2.40. The van der Waals surface area contributed by atoms with E-state index in [9.17, 15) is 35.4 Å². The maximum absolute atomic E-state index is 12.9. The highest BCUT2D eigenvalue weighted by atomic mass is 16.7. The first kappa shape index (κ1) is 45.1. The minimum absolute atomic E-state index is 0.213. The Balaban J connectivity index is 2.59. The van der Waals surface area contributed by atoms with E-state index in [0.29, 0.717) is 12.8 Å². The number of carbonyl (C=O) groups excluding carboxylic acids is 1. The van der Waals surface area contributed by atoms with Crippen molar-refractivity contribution < 1.29 is 44.9 Å². The molecule has 10 nitrogen and oxygen atoms in total. The predicted molar refractivity (Wildman–Crippen MR) is 195 cm³/mol. The van der Waals surface area contributed by atoms with Crippen LogP contribution < -0.4 is 5.32 Å². The molecule has 1 fully saturated rings. The lowest BCUT2D eigenvalue weighted by molar-refractivity contribution is -0.302. The van der Waals surface area contributed by atoms with E-state index < -0.39 is 61.5 Å². The van der Waals surface area contributed by atoms with Gasteiger partial charge in [0, 0.05) is 0 Å². The molecule has 0 bridgehead atoms. The number of rotatable bonds is 29. The fraction of sp³-hybridized carbons (Fsp3) is 0.769. The third-order valence-electron chi connectivity index (χ3n) is 8.72. The lowest BCUT2D eigenvalue weighted by atomic mass is 9.99. The zero-order valence-electron chi connectivity index (χ0n) is 30.3. The third kappa shape index (κ3) is 21.2. The van der Waals surface area contributed by atoms with Crippen molar-refractivity contribution in [2.75, 3.05) is 13.2 Å². The summed E-state index contributed by atoms with van der Waals surface area (Å²) in [5, 5.41) is 64.0. The summed E-state index contributed by atoms with van der Waals surface area (Å²) in [6, 6.07) is -1.02. The molecule has 1 saturated heterocycles. The smallest absolute Gasteiger partial charge is 0.249 e. The van der Waals surface area contributed by atoms with Crippen molar-refractivity contribution in [3.05, 3.63) is 48.6 Å². The molecule has 10 heteroatoms. The average molecular weight is 696 g/mol. The van der Waals surface area contributed by atoms with Crippen molar-refractivity contribution in [1.82, 2.24) is 5.32 Å². The number of hydrogen-bond acceptors (Lipinski definition) is 9. The van der Waals surface area contributed by atoms with Crippen molar-refractivity contribution in [2.45, 2.75) is 178 Å². The first-order valence-electron chi connectivity index (χ1n) is 19.0. The van der Waals surface area contributed by atoms with Crippen LogP contribution in [-0.2, 0) is 14.3 Å². The topological polar surface area (TPSA) is 169 Å². The summed E-state index contributed by atoms with van der Waals surface area (Å²) in [7, 11) is 0. The first-order valence-corrected chi connectivity index (χ1v) is 19.0. The molecule has 0 saturated carbocycles. The number of unbranched alkanes of at least 4 members (excludes halogenated alkanes) is 12. The van der Waals surface area contributed by atoms with Gasteiger partial charge in [0.25, 0.3) is 0 Å². The van der Waals surface area contributed by atoms with Crippen LogP contribution in [0.1, 0.15) is 129 Å². The van der Waals surface area contributed by atoms with Crippen LogP contribution in [0.25, 0.3) is 0 Å². The number of allylic oxidation sites excluding steroid dienone is 7. The molecule has 8 atom stereocenters. The highest BCUT2D eigenvalue weighted by molar-refractivity contribution is 5.80. The predicted octanol–water partition coefficient (Wildman–Crippen LogP) is 5.30. The van der Waals surface area contributed by atoms with Crippen molar-refractivity contribution in [3.63, 3.8) is 0 Å². The summed E-state index contributed by atoms with van der Waals surface area (Å²) >= 11 is 0. The van der Waals surface area contributed by atoms with Gasteiger partial charge in [0.15, 0.2) is 6.29 Å². The van der Waals surface area contributed by atoms with Crippen LogP contribution in [0.15, 0.2) is 48.6 Å². The van der Waals surface area contributed by atoms with Gasteiger partial charge in [-0.05, 0) is 64.2 Å². The molecule has 1 rings (SSSR count). The number of nitrogens with one attached hydrogen (secondary N) is 1. The van der Waals surface area contributed by atoms with E-state index >= 15 is 0 Å². The largest absolute Gasteiger partial charge is 0.394 e. The molecule has 49 heavy (non-hydrogen) atoms. The Kier molecular flexibility index (Phi) is 27.4. The molecule has 284 valence electrons. The van der Waals surface area contributed by atoms with E-state index in [4.69, 9.17) is 9.47 Å². The van der Waals surface area contributed by atoms with Gasteiger partial charge in [0.1, 0.15) is 30.5 Å². The monoisotopic (exact) mass is 695 g/mol. The maximum Gasteiger partial charge on any atom is 0.249 e. The number of aliphatic hydroxyl groups is 6. The molecule has 7 N–H and O–H groups in total. The number of aliphatic hydroxyl groups excluding tert-OH is 6. The molecule has 0 aromatic carbocycles. The van der Waals surface area contributed by atoms with Crippen LogP contribution in [0, 0.1) is 0 Å². The molecule has 1 heterocycles. The standard InChI is InChI=1S/C39H69NO9/c1-3-5-7-9-11-13-14-15-16-17-18-19-20-22-23-25-27-32(42)31(30-48-39-37(46)36(45)35(44)34(29-41)49-39)40-38(47)33(43)28-26-24-21-12-10-8-6-4-2/h15-16,19-21,24-25,27,31-37,39,41-46H,3-14,17-18,22-23,26,28-30H2,1-2H3,(H,40,47)/b16-15+,20-19+,24-21-,27-25+. The number of carbonyl (C=O) groups is 1. The molecule has 0 aromatic rings. The van der Waals surface area contributed by atoms with Crippen LogP contribution in [-0.4, -0.2) is 98.7 Å². The Morgan fingerprint density at radius 3 is 1.80 bits per heavy atom. The molecule has 1 aliphatic heterocycles. The molecular formula is C39H69NO9. The van der Waals surface area contributed by atoms with E-state index in [2.05, 4.69) is 49.5 Å². The zero-order valence-corrected chi connectivity index (χ0v) is 30.3. The van der Waals surface area contributed by atoms with Crippen LogP contribution in [0.5, 0.6) is 0 Å². The van der Waals surface area contributed by atoms with Crippen molar-refractivity contribution in [3.8, 4) is 0 Å². The number of ether oxygens (including phenoxy) is 2. The molecule has 0 aromatic heterocycles. The van der Waals surface area contributed by atoms with Gasteiger partial charge in [-0.2, -0.15) is 0 Å². The van der Waals surface area contributed by atoms with E-state index in [1.165, 1.54) is 57.8 Å². The van der Waals surface area contributed by atoms with Gasteiger partial charge >= 0.3 is 0 Å². The second-order valence-corrected chi connectivity index (χ2v) is 13.1. The average Bonchev–Trinajstić information content (AvgIpc) is 3.10. The minimum Gasteiger partial charge on any atom is -0.394 e. The fourth-order valence-corrected chi connectivity index (χ4v) is 5.49. The van der Waals surface area contributed by atoms with Gasteiger partial charge in [-0.15, -0.1) is 0 Å². The summed E-state index contributed by atoms with van der Waals surface area (Å²) < 4.78 is 11.0. The van der Waals surface area contributed by atoms with Gasteiger partial charge in [-0.3, -0.25) is 4.79 Å².